The number of benzene rings is 2. The summed E-state index contributed by atoms with van der Waals surface area (Å²) in [6.07, 6.45) is 1.36. The standard InChI is InChI=1S/C22H24N2O5/c1-15(25)29-20-5-3-4-17(14-20)21(26)23-18-10-12-24(13-11-18)22(27)16-6-8-19(28-2)9-7-16/h3-9,14,18H,10-13H2,1-2H3,(H,23,26). The average molecular weight is 396 g/mol. The monoisotopic (exact) mass is 396 g/mol. The Morgan fingerprint density at radius 1 is 0.966 bits per heavy atom. The van der Waals surface area contributed by atoms with Gasteiger partial charge in [-0.2, -0.15) is 0 Å². The van der Waals surface area contributed by atoms with Crippen LogP contribution in [-0.2, 0) is 4.79 Å². The van der Waals surface area contributed by atoms with Crippen LogP contribution in [0.2, 0.25) is 0 Å². The van der Waals surface area contributed by atoms with Crippen LogP contribution in [0.3, 0.4) is 0 Å². The van der Waals surface area contributed by atoms with Crippen molar-refractivity contribution >= 4 is 17.8 Å². The van der Waals surface area contributed by atoms with Gasteiger partial charge in [0, 0.05) is 37.2 Å². The zero-order valence-corrected chi connectivity index (χ0v) is 16.5. The van der Waals surface area contributed by atoms with E-state index < -0.39 is 5.97 Å². The molecule has 1 aliphatic heterocycles. The van der Waals surface area contributed by atoms with E-state index in [2.05, 4.69) is 5.32 Å². The number of amides is 2. The van der Waals surface area contributed by atoms with Crippen molar-refractivity contribution in [3.05, 3.63) is 59.7 Å². The van der Waals surface area contributed by atoms with Gasteiger partial charge in [-0.05, 0) is 55.3 Å². The van der Waals surface area contributed by atoms with Gasteiger partial charge in [0.25, 0.3) is 11.8 Å². The number of hydrogen-bond donors (Lipinski definition) is 1. The molecule has 0 saturated carbocycles. The zero-order valence-electron chi connectivity index (χ0n) is 16.5. The van der Waals surface area contributed by atoms with Crippen LogP contribution in [-0.4, -0.2) is 48.9 Å². The molecule has 7 heteroatoms. The molecule has 0 aliphatic carbocycles. The average Bonchev–Trinajstić information content (AvgIpc) is 2.73. The van der Waals surface area contributed by atoms with Crippen LogP contribution in [0.15, 0.2) is 48.5 Å². The van der Waals surface area contributed by atoms with Gasteiger partial charge in [0.15, 0.2) is 0 Å². The van der Waals surface area contributed by atoms with Crippen LogP contribution >= 0.6 is 0 Å². The Morgan fingerprint density at radius 3 is 2.28 bits per heavy atom. The normalized spacial score (nSPS) is 14.2. The van der Waals surface area contributed by atoms with Gasteiger partial charge in [-0.25, -0.2) is 0 Å². The Kier molecular flexibility index (Phi) is 6.49. The molecule has 1 N–H and O–H groups in total. The molecule has 1 aliphatic rings. The van der Waals surface area contributed by atoms with E-state index in [1.807, 2.05) is 0 Å². The highest BCUT2D eigenvalue weighted by Crippen LogP contribution is 2.18. The Balaban J connectivity index is 1.53. The van der Waals surface area contributed by atoms with Gasteiger partial charge in [0.05, 0.1) is 7.11 Å². The van der Waals surface area contributed by atoms with Gasteiger partial charge >= 0.3 is 5.97 Å². The molecule has 3 rings (SSSR count). The number of hydrogen-bond acceptors (Lipinski definition) is 5. The Morgan fingerprint density at radius 2 is 1.66 bits per heavy atom. The number of esters is 1. The fourth-order valence-electron chi connectivity index (χ4n) is 3.28. The van der Waals surface area contributed by atoms with Crippen molar-refractivity contribution in [2.75, 3.05) is 20.2 Å². The maximum absolute atomic E-state index is 12.6. The summed E-state index contributed by atoms with van der Waals surface area (Å²) < 4.78 is 10.1. The summed E-state index contributed by atoms with van der Waals surface area (Å²) in [6.45, 7) is 2.46. The van der Waals surface area contributed by atoms with Crippen LogP contribution in [0.4, 0.5) is 0 Å². The smallest absolute Gasteiger partial charge is 0.308 e. The molecule has 2 aromatic rings. The SMILES string of the molecule is COc1ccc(C(=O)N2CCC(NC(=O)c3cccc(OC(C)=O)c3)CC2)cc1. The highest BCUT2D eigenvalue weighted by atomic mass is 16.5. The minimum Gasteiger partial charge on any atom is -0.497 e. The lowest BCUT2D eigenvalue weighted by atomic mass is 10.0. The summed E-state index contributed by atoms with van der Waals surface area (Å²) in [6, 6.07) is 13.5. The number of ether oxygens (including phenoxy) is 2. The molecule has 0 aromatic heterocycles. The Hall–Kier alpha value is -3.35. The summed E-state index contributed by atoms with van der Waals surface area (Å²) in [5.74, 6) is 0.368. The fourth-order valence-corrected chi connectivity index (χ4v) is 3.28. The molecule has 0 bridgehead atoms. The first kappa shape index (κ1) is 20.4. The van der Waals surface area contributed by atoms with Gasteiger partial charge in [-0.3, -0.25) is 14.4 Å². The van der Waals surface area contributed by atoms with Crippen molar-refractivity contribution in [1.82, 2.24) is 10.2 Å². The maximum Gasteiger partial charge on any atom is 0.308 e. The zero-order chi connectivity index (χ0) is 20.8. The van der Waals surface area contributed by atoms with Gasteiger partial charge in [-0.15, -0.1) is 0 Å². The van der Waals surface area contributed by atoms with E-state index in [1.54, 1.807) is 60.5 Å². The lowest BCUT2D eigenvalue weighted by molar-refractivity contribution is -0.131. The lowest BCUT2D eigenvalue weighted by Crippen LogP contribution is -2.46. The predicted octanol–water partition coefficient (Wildman–Crippen LogP) is 2.66. The summed E-state index contributed by atoms with van der Waals surface area (Å²) >= 11 is 0. The first-order chi connectivity index (χ1) is 14.0. The molecule has 2 aromatic carbocycles. The molecule has 1 heterocycles. The van der Waals surface area contributed by atoms with Crippen LogP contribution < -0.4 is 14.8 Å². The first-order valence-electron chi connectivity index (χ1n) is 9.49. The minimum atomic E-state index is -0.434. The van der Waals surface area contributed by atoms with Crippen molar-refractivity contribution in [2.45, 2.75) is 25.8 Å². The third kappa shape index (κ3) is 5.34. The van der Waals surface area contributed by atoms with E-state index in [4.69, 9.17) is 9.47 Å². The first-order valence-corrected chi connectivity index (χ1v) is 9.49. The van der Waals surface area contributed by atoms with Crippen LogP contribution in [0.5, 0.6) is 11.5 Å². The van der Waals surface area contributed by atoms with E-state index >= 15 is 0 Å². The molecule has 1 saturated heterocycles. The molecule has 0 spiro atoms. The van der Waals surface area contributed by atoms with Crippen LogP contribution in [0.25, 0.3) is 0 Å². The number of piperidine rings is 1. The number of nitrogens with zero attached hydrogens (tertiary/aromatic N) is 1. The molecule has 0 atom stereocenters. The van der Waals surface area contributed by atoms with Crippen molar-refractivity contribution in [3.8, 4) is 11.5 Å². The molecule has 7 nitrogen and oxygen atoms in total. The number of carbonyl (C=O) groups excluding carboxylic acids is 3. The summed E-state index contributed by atoms with van der Waals surface area (Å²) in [4.78, 5) is 38.0. The quantitative estimate of drug-likeness (QED) is 0.620. The van der Waals surface area contributed by atoms with Crippen LogP contribution in [0.1, 0.15) is 40.5 Å². The van der Waals surface area contributed by atoms with Crippen molar-refractivity contribution in [3.63, 3.8) is 0 Å². The van der Waals surface area contributed by atoms with E-state index in [0.717, 1.165) is 0 Å². The number of likely N-dealkylation sites (tertiary alicyclic amines) is 1. The second-order valence-corrected chi connectivity index (χ2v) is 6.89. The molecule has 1 fully saturated rings. The molecule has 29 heavy (non-hydrogen) atoms. The Bertz CT molecular complexity index is 886. The number of carbonyl (C=O) groups is 3. The Labute approximate surface area is 169 Å². The summed E-state index contributed by atoms with van der Waals surface area (Å²) in [5.41, 5.74) is 1.05. The van der Waals surface area contributed by atoms with Gasteiger partial charge in [0.1, 0.15) is 11.5 Å². The van der Waals surface area contributed by atoms with E-state index in [1.165, 1.54) is 6.92 Å². The molecule has 2 amide bonds. The van der Waals surface area contributed by atoms with E-state index in [-0.39, 0.29) is 17.9 Å². The second-order valence-electron chi connectivity index (χ2n) is 6.89. The number of methoxy groups -OCH3 is 1. The van der Waals surface area contributed by atoms with Crippen molar-refractivity contribution < 1.29 is 23.9 Å². The topological polar surface area (TPSA) is 84.9 Å². The summed E-state index contributed by atoms with van der Waals surface area (Å²) in [5, 5.41) is 3.00. The van der Waals surface area contributed by atoms with Gasteiger partial charge < -0.3 is 19.7 Å². The highest BCUT2D eigenvalue weighted by Gasteiger charge is 2.25. The summed E-state index contributed by atoms with van der Waals surface area (Å²) in [7, 11) is 1.59. The van der Waals surface area contributed by atoms with E-state index in [9.17, 15) is 14.4 Å². The predicted molar refractivity (Wildman–Crippen MR) is 107 cm³/mol. The third-order valence-corrected chi connectivity index (χ3v) is 4.81. The molecule has 152 valence electrons. The molecular weight excluding hydrogens is 372 g/mol. The highest BCUT2D eigenvalue weighted by molar-refractivity contribution is 5.95. The van der Waals surface area contributed by atoms with Crippen LogP contribution in [0, 0.1) is 0 Å². The van der Waals surface area contributed by atoms with E-state index in [0.29, 0.717) is 48.6 Å². The molecular formula is C22H24N2O5. The minimum absolute atomic E-state index is 0.0141. The maximum atomic E-state index is 12.6. The second kappa shape index (κ2) is 9.23. The van der Waals surface area contributed by atoms with Gasteiger partial charge in [0.2, 0.25) is 0 Å². The molecule has 0 radical (unpaired) electrons. The molecule has 0 unspecified atom stereocenters. The number of rotatable bonds is 5. The van der Waals surface area contributed by atoms with Crippen molar-refractivity contribution in [1.29, 1.82) is 0 Å². The van der Waals surface area contributed by atoms with Crippen molar-refractivity contribution in [2.24, 2.45) is 0 Å². The number of nitrogens with one attached hydrogen (secondary N) is 1. The lowest BCUT2D eigenvalue weighted by Gasteiger charge is -2.32. The third-order valence-electron chi connectivity index (χ3n) is 4.81. The van der Waals surface area contributed by atoms with Gasteiger partial charge in [-0.1, -0.05) is 6.07 Å². The fraction of sp³-hybridized carbons (Fsp3) is 0.318. The largest absolute Gasteiger partial charge is 0.497 e.